The number of fused-ring (bicyclic) bond motifs is 1. The first kappa shape index (κ1) is 20.9. The molecule has 0 bridgehead atoms. The predicted molar refractivity (Wildman–Crippen MR) is 117 cm³/mol. The van der Waals surface area contributed by atoms with Crippen LogP contribution < -0.4 is 5.32 Å². The molecule has 0 spiro atoms. The number of nitrogens with one attached hydrogen (secondary N) is 1. The zero-order valence-electron chi connectivity index (χ0n) is 16.9. The number of benzene rings is 2. The number of rotatable bonds is 1. The molecule has 0 saturated carbocycles. The number of halogens is 1. The number of aromatic hydroxyl groups is 1. The summed E-state index contributed by atoms with van der Waals surface area (Å²) in [6.07, 6.45) is 0. The summed E-state index contributed by atoms with van der Waals surface area (Å²) < 4.78 is 30.2. The number of anilines is 1. The number of hydrogen-bond acceptors (Lipinski definition) is 4. The van der Waals surface area contributed by atoms with Crippen LogP contribution in [0.5, 0.6) is 5.75 Å². The Morgan fingerprint density at radius 3 is 2.00 bits per heavy atom. The average molecular weight is 465 g/mol. The van der Waals surface area contributed by atoms with E-state index in [2.05, 4.69) is 25.6 Å². The Morgan fingerprint density at radius 1 is 0.964 bits per heavy atom. The molecule has 1 aliphatic heterocycles. The number of phenolic OH excluding ortho intramolecular Hbond substituents is 1. The standard InChI is InChI=1S/C21H25BrN2O3S/c1-20(2,3)14-9-12(10-15(18(14)25)21(4,5)6)19-23-16-8-7-13(22)11-17(16)28(26,27)24-19/h7-11,25H,1-6H3,(H,23,24). The Balaban J connectivity index is 2.25. The zero-order valence-corrected chi connectivity index (χ0v) is 19.3. The van der Waals surface area contributed by atoms with E-state index in [4.69, 9.17) is 0 Å². The number of hydrogen-bond donors (Lipinski definition) is 2. The molecule has 2 aromatic carbocycles. The molecule has 0 saturated heterocycles. The fourth-order valence-electron chi connectivity index (χ4n) is 3.17. The summed E-state index contributed by atoms with van der Waals surface area (Å²) in [5.41, 5.74) is 1.96. The van der Waals surface area contributed by atoms with Gasteiger partial charge in [-0.2, -0.15) is 8.42 Å². The van der Waals surface area contributed by atoms with Gasteiger partial charge in [-0.05, 0) is 41.2 Å². The van der Waals surface area contributed by atoms with Gasteiger partial charge in [0.2, 0.25) is 0 Å². The second-order valence-electron chi connectivity index (χ2n) is 9.10. The Hall–Kier alpha value is -1.86. The number of nitrogens with zero attached hydrogens (tertiary/aromatic N) is 1. The number of phenols is 1. The molecule has 0 aliphatic carbocycles. The Bertz CT molecular complexity index is 1060. The van der Waals surface area contributed by atoms with Crippen molar-refractivity contribution >= 4 is 37.5 Å². The van der Waals surface area contributed by atoms with Gasteiger partial charge in [0.25, 0.3) is 10.0 Å². The molecule has 2 aromatic rings. The summed E-state index contributed by atoms with van der Waals surface area (Å²) in [6.45, 7) is 12.1. The van der Waals surface area contributed by atoms with Crippen LogP contribution in [-0.2, 0) is 20.9 Å². The lowest BCUT2D eigenvalue weighted by Gasteiger charge is -2.29. The Morgan fingerprint density at radius 2 is 1.50 bits per heavy atom. The first-order valence-electron chi connectivity index (χ1n) is 9.00. The van der Waals surface area contributed by atoms with Crippen molar-refractivity contribution in [3.8, 4) is 5.75 Å². The summed E-state index contributed by atoms with van der Waals surface area (Å²) in [5.74, 6) is 0.498. The molecule has 0 amide bonds. The molecule has 0 atom stereocenters. The minimum Gasteiger partial charge on any atom is -0.507 e. The normalized spacial score (nSPS) is 16.2. The zero-order chi connectivity index (χ0) is 21.1. The third-order valence-corrected chi connectivity index (χ3v) is 6.50. The highest BCUT2D eigenvalue weighted by molar-refractivity contribution is 9.10. The van der Waals surface area contributed by atoms with Crippen LogP contribution in [-0.4, -0.2) is 19.4 Å². The highest BCUT2D eigenvalue weighted by atomic mass is 79.9. The van der Waals surface area contributed by atoms with Crippen molar-refractivity contribution in [1.82, 2.24) is 0 Å². The largest absolute Gasteiger partial charge is 0.507 e. The molecular weight excluding hydrogens is 440 g/mol. The van der Waals surface area contributed by atoms with Crippen LogP contribution in [0.15, 0.2) is 44.1 Å². The summed E-state index contributed by atoms with van der Waals surface area (Å²) in [6, 6.07) is 8.66. The number of sulfonamides is 1. The Labute approximate surface area is 175 Å². The van der Waals surface area contributed by atoms with E-state index in [-0.39, 0.29) is 27.3 Å². The maximum Gasteiger partial charge on any atom is 0.286 e. The third kappa shape index (κ3) is 3.82. The van der Waals surface area contributed by atoms with Crippen molar-refractivity contribution in [3.05, 3.63) is 51.5 Å². The highest BCUT2D eigenvalue weighted by Crippen LogP contribution is 2.40. The maximum absolute atomic E-state index is 12.7. The molecule has 1 aliphatic rings. The van der Waals surface area contributed by atoms with Crippen molar-refractivity contribution in [3.63, 3.8) is 0 Å². The van der Waals surface area contributed by atoms with Crippen LogP contribution in [0.4, 0.5) is 5.69 Å². The van der Waals surface area contributed by atoms with Crippen molar-refractivity contribution in [2.45, 2.75) is 57.3 Å². The van der Waals surface area contributed by atoms with Crippen LogP contribution >= 0.6 is 15.9 Å². The molecule has 28 heavy (non-hydrogen) atoms. The van der Waals surface area contributed by atoms with Gasteiger partial charge in [-0.15, -0.1) is 4.40 Å². The predicted octanol–water partition coefficient (Wildman–Crippen LogP) is 5.31. The maximum atomic E-state index is 12.7. The van der Waals surface area contributed by atoms with Crippen LogP contribution in [0.25, 0.3) is 0 Å². The SMILES string of the molecule is CC(C)(C)c1cc(C2=NS(=O)(=O)c3cc(Br)ccc3N2)cc(C(C)(C)C)c1O. The van der Waals surface area contributed by atoms with Crippen molar-refractivity contribution in [1.29, 1.82) is 0 Å². The van der Waals surface area contributed by atoms with Crippen LogP contribution in [0.2, 0.25) is 0 Å². The molecular formula is C21H25BrN2O3S. The molecule has 1 heterocycles. The topological polar surface area (TPSA) is 78.8 Å². The molecule has 0 aromatic heterocycles. The van der Waals surface area contributed by atoms with E-state index < -0.39 is 10.0 Å². The molecule has 3 rings (SSSR count). The lowest BCUT2D eigenvalue weighted by molar-refractivity contribution is 0.423. The fraction of sp³-hybridized carbons (Fsp3) is 0.381. The second-order valence-corrected chi connectivity index (χ2v) is 11.6. The minimum absolute atomic E-state index is 0.136. The molecule has 0 fully saturated rings. The summed E-state index contributed by atoms with van der Waals surface area (Å²) in [7, 11) is -3.84. The van der Waals surface area contributed by atoms with Crippen molar-refractivity contribution in [2.24, 2.45) is 4.40 Å². The van der Waals surface area contributed by atoms with Gasteiger partial charge in [0, 0.05) is 21.2 Å². The van der Waals surface area contributed by atoms with Gasteiger partial charge >= 0.3 is 0 Å². The quantitative estimate of drug-likeness (QED) is 0.598. The van der Waals surface area contributed by atoms with E-state index in [0.717, 1.165) is 11.1 Å². The molecule has 7 heteroatoms. The van der Waals surface area contributed by atoms with Crippen molar-refractivity contribution < 1.29 is 13.5 Å². The highest BCUT2D eigenvalue weighted by Gasteiger charge is 2.30. The summed E-state index contributed by atoms with van der Waals surface area (Å²) in [4.78, 5) is 0.136. The lowest BCUT2D eigenvalue weighted by atomic mass is 9.78. The van der Waals surface area contributed by atoms with Crippen LogP contribution in [0.1, 0.15) is 58.2 Å². The third-order valence-electron chi connectivity index (χ3n) is 4.69. The molecule has 150 valence electrons. The van der Waals surface area contributed by atoms with E-state index >= 15 is 0 Å². The monoisotopic (exact) mass is 464 g/mol. The van der Waals surface area contributed by atoms with E-state index in [1.807, 2.05) is 53.7 Å². The van der Waals surface area contributed by atoms with Gasteiger partial charge < -0.3 is 10.4 Å². The van der Waals surface area contributed by atoms with E-state index in [1.165, 1.54) is 6.07 Å². The number of amidine groups is 1. The van der Waals surface area contributed by atoms with Gasteiger partial charge in [0.1, 0.15) is 10.6 Å². The summed E-state index contributed by atoms with van der Waals surface area (Å²) in [5, 5.41) is 14.0. The first-order valence-corrected chi connectivity index (χ1v) is 11.2. The van der Waals surface area contributed by atoms with Crippen molar-refractivity contribution in [2.75, 3.05) is 5.32 Å². The van der Waals surface area contributed by atoms with Crippen LogP contribution in [0.3, 0.4) is 0 Å². The summed E-state index contributed by atoms with van der Waals surface area (Å²) >= 11 is 3.30. The molecule has 2 N–H and O–H groups in total. The average Bonchev–Trinajstić information content (AvgIpc) is 2.53. The smallest absolute Gasteiger partial charge is 0.286 e. The fourth-order valence-corrected chi connectivity index (χ4v) is 4.85. The van der Waals surface area contributed by atoms with Gasteiger partial charge in [-0.1, -0.05) is 57.5 Å². The molecule has 0 radical (unpaired) electrons. The van der Waals surface area contributed by atoms with Gasteiger partial charge in [-0.3, -0.25) is 0 Å². The van der Waals surface area contributed by atoms with E-state index in [1.54, 1.807) is 12.1 Å². The minimum atomic E-state index is -3.84. The van der Waals surface area contributed by atoms with Gasteiger partial charge in [0.05, 0.1) is 5.69 Å². The second kappa shape index (κ2) is 6.59. The van der Waals surface area contributed by atoms with Crippen LogP contribution in [0, 0.1) is 0 Å². The molecule has 0 unspecified atom stereocenters. The van der Waals surface area contributed by atoms with E-state index in [0.29, 0.717) is 15.7 Å². The van der Waals surface area contributed by atoms with Gasteiger partial charge in [0.15, 0.2) is 5.84 Å². The first-order chi connectivity index (χ1) is 12.7. The van der Waals surface area contributed by atoms with E-state index in [9.17, 15) is 13.5 Å². The lowest BCUT2D eigenvalue weighted by Crippen LogP contribution is -2.25. The Kier molecular flexibility index (Phi) is 4.91. The molecule has 5 nitrogen and oxygen atoms in total. The van der Waals surface area contributed by atoms with Gasteiger partial charge in [-0.25, -0.2) is 0 Å².